The second-order valence-corrected chi connectivity index (χ2v) is 9.57. The normalized spacial score (nSPS) is 17.2. The predicted octanol–water partition coefficient (Wildman–Crippen LogP) is 6.16. The van der Waals surface area contributed by atoms with Gasteiger partial charge in [-0.1, -0.05) is 60.2 Å². The molecule has 182 valence electrons. The molecule has 0 saturated carbocycles. The molecule has 0 spiro atoms. The Bertz CT molecular complexity index is 1510. The largest absolute Gasteiger partial charge is 0.507 e. The Balaban J connectivity index is 1.68. The second kappa shape index (κ2) is 9.54. The molecule has 0 aliphatic carbocycles. The first kappa shape index (κ1) is 23.7. The van der Waals surface area contributed by atoms with E-state index < -0.39 is 23.5 Å². The highest BCUT2D eigenvalue weighted by Gasteiger charge is 2.48. The Kier molecular flexibility index (Phi) is 6.28. The number of carbonyl (C=O) groups is 2. The number of hydrogen-bond donors (Lipinski definition) is 1. The molecule has 4 aromatic rings. The van der Waals surface area contributed by atoms with Gasteiger partial charge in [0.05, 0.1) is 28.4 Å². The molecule has 0 bridgehead atoms. The van der Waals surface area contributed by atoms with E-state index >= 15 is 0 Å². The van der Waals surface area contributed by atoms with Crippen LogP contribution >= 0.6 is 11.3 Å². The van der Waals surface area contributed by atoms with Crippen molar-refractivity contribution in [3.63, 3.8) is 0 Å². The molecule has 1 aliphatic heterocycles. The van der Waals surface area contributed by atoms with Crippen molar-refractivity contribution in [3.8, 4) is 5.75 Å². The van der Waals surface area contributed by atoms with Crippen molar-refractivity contribution < 1.29 is 23.8 Å². The Morgan fingerprint density at radius 2 is 1.89 bits per heavy atom. The van der Waals surface area contributed by atoms with Crippen LogP contribution in [0.25, 0.3) is 16.0 Å². The smallest absolute Gasteiger partial charge is 0.301 e. The summed E-state index contributed by atoms with van der Waals surface area (Å²) in [6.07, 6.45) is 0.820. The third-order valence-corrected chi connectivity index (χ3v) is 6.98. The number of aromatic nitrogens is 1. The van der Waals surface area contributed by atoms with Crippen molar-refractivity contribution >= 4 is 44.1 Å². The van der Waals surface area contributed by atoms with Gasteiger partial charge in [-0.25, -0.2) is 9.37 Å². The van der Waals surface area contributed by atoms with E-state index in [2.05, 4.69) is 4.98 Å². The number of amides is 1. The molecule has 2 heterocycles. The number of fused-ring (bicyclic) bond motifs is 1. The van der Waals surface area contributed by atoms with Crippen LogP contribution < -0.4 is 9.64 Å². The summed E-state index contributed by atoms with van der Waals surface area (Å²) in [6, 6.07) is 17.5. The molecule has 5 rings (SSSR count). The van der Waals surface area contributed by atoms with Gasteiger partial charge in [-0.15, -0.1) is 0 Å². The molecule has 1 fully saturated rings. The summed E-state index contributed by atoms with van der Waals surface area (Å²) in [7, 11) is 0. The van der Waals surface area contributed by atoms with Gasteiger partial charge in [0.2, 0.25) is 0 Å². The molecule has 0 radical (unpaired) electrons. The van der Waals surface area contributed by atoms with E-state index in [1.165, 1.54) is 23.1 Å². The molecule has 1 aromatic heterocycles. The number of rotatable bonds is 6. The van der Waals surface area contributed by atoms with Crippen molar-refractivity contribution in [3.05, 3.63) is 94.8 Å². The average molecular weight is 503 g/mol. The summed E-state index contributed by atoms with van der Waals surface area (Å²) >= 11 is 1.11. The zero-order chi connectivity index (χ0) is 25.4. The van der Waals surface area contributed by atoms with E-state index in [1.807, 2.05) is 38.1 Å². The summed E-state index contributed by atoms with van der Waals surface area (Å²) in [5, 5.41) is 11.6. The summed E-state index contributed by atoms with van der Waals surface area (Å²) in [5.41, 5.74) is 2.49. The highest BCUT2D eigenvalue weighted by Crippen LogP contribution is 2.44. The van der Waals surface area contributed by atoms with Crippen molar-refractivity contribution in [2.45, 2.75) is 26.3 Å². The molecule has 1 unspecified atom stereocenters. The van der Waals surface area contributed by atoms with Gasteiger partial charge >= 0.3 is 5.91 Å². The van der Waals surface area contributed by atoms with Crippen LogP contribution in [-0.4, -0.2) is 28.4 Å². The van der Waals surface area contributed by atoms with Gasteiger partial charge in [0.1, 0.15) is 17.3 Å². The number of anilines is 1. The molecule has 1 atom stereocenters. The lowest BCUT2D eigenvalue weighted by Crippen LogP contribution is -2.29. The fourth-order valence-electron chi connectivity index (χ4n) is 4.19. The highest BCUT2D eigenvalue weighted by atomic mass is 32.1. The first-order valence-electron chi connectivity index (χ1n) is 11.5. The van der Waals surface area contributed by atoms with Crippen molar-refractivity contribution in [2.75, 3.05) is 11.5 Å². The molecule has 1 aliphatic rings. The number of aryl methyl sites for hydroxylation is 1. The lowest BCUT2D eigenvalue weighted by Gasteiger charge is -2.23. The summed E-state index contributed by atoms with van der Waals surface area (Å²) in [6.45, 7) is 4.43. The number of ether oxygens (including phenoxy) is 1. The Morgan fingerprint density at radius 1 is 1.11 bits per heavy atom. The average Bonchev–Trinajstić information content (AvgIpc) is 3.40. The minimum Gasteiger partial charge on any atom is -0.507 e. The van der Waals surface area contributed by atoms with Crippen LogP contribution in [-0.2, 0) is 9.59 Å². The van der Waals surface area contributed by atoms with Gasteiger partial charge in [-0.2, -0.15) is 0 Å². The number of benzene rings is 3. The van der Waals surface area contributed by atoms with Gasteiger partial charge in [0.15, 0.2) is 5.13 Å². The number of aliphatic hydroxyl groups is 1. The first-order chi connectivity index (χ1) is 17.4. The first-order valence-corrected chi connectivity index (χ1v) is 12.4. The SMILES string of the molecule is CCCOc1cccc(/C(O)=C2\C(=O)C(=O)N(c3nc4ccc(F)cc4s3)C2c2ccc(C)cc2)c1. The van der Waals surface area contributed by atoms with Gasteiger partial charge in [0, 0.05) is 5.56 Å². The highest BCUT2D eigenvalue weighted by molar-refractivity contribution is 7.22. The lowest BCUT2D eigenvalue weighted by molar-refractivity contribution is -0.132. The number of hydrogen-bond acceptors (Lipinski definition) is 6. The van der Waals surface area contributed by atoms with Crippen LogP contribution in [0.2, 0.25) is 0 Å². The van der Waals surface area contributed by atoms with Crippen LogP contribution in [0.5, 0.6) is 5.75 Å². The minimum absolute atomic E-state index is 0.0399. The van der Waals surface area contributed by atoms with E-state index in [9.17, 15) is 19.1 Å². The third-order valence-electron chi connectivity index (χ3n) is 5.96. The molecule has 1 amide bonds. The molecule has 1 N–H and O–H groups in total. The molecular formula is C28H23FN2O4S. The summed E-state index contributed by atoms with van der Waals surface area (Å²) in [4.78, 5) is 32.5. The molecule has 36 heavy (non-hydrogen) atoms. The fraction of sp³-hybridized carbons (Fsp3) is 0.179. The Labute approximate surface area is 211 Å². The van der Waals surface area contributed by atoms with Crippen LogP contribution in [0, 0.1) is 12.7 Å². The monoisotopic (exact) mass is 502 g/mol. The number of ketones is 1. The predicted molar refractivity (Wildman–Crippen MR) is 138 cm³/mol. The van der Waals surface area contributed by atoms with E-state index in [-0.39, 0.29) is 16.5 Å². The number of halogens is 1. The van der Waals surface area contributed by atoms with Gasteiger partial charge in [-0.3, -0.25) is 14.5 Å². The summed E-state index contributed by atoms with van der Waals surface area (Å²) in [5.74, 6) is -1.78. The standard InChI is InChI=1S/C28H23FN2O4S/c1-3-13-35-20-6-4-5-18(14-20)25(32)23-24(17-9-7-16(2)8-10-17)31(27(34)26(23)33)28-30-21-12-11-19(29)15-22(21)36-28/h4-12,14-15,24,32H,3,13H2,1-2H3/b25-23+. The lowest BCUT2D eigenvalue weighted by atomic mass is 9.95. The molecule has 8 heteroatoms. The Hall–Kier alpha value is -4.04. The number of thiazole rings is 1. The quantitative estimate of drug-likeness (QED) is 0.194. The van der Waals surface area contributed by atoms with E-state index in [0.29, 0.717) is 33.7 Å². The Morgan fingerprint density at radius 3 is 2.64 bits per heavy atom. The van der Waals surface area contributed by atoms with Gasteiger partial charge < -0.3 is 9.84 Å². The summed E-state index contributed by atoms with van der Waals surface area (Å²) < 4.78 is 20.0. The fourth-order valence-corrected chi connectivity index (χ4v) is 5.21. The number of Topliss-reactive ketones (excluding diaryl/α,β-unsaturated/α-hetero) is 1. The topological polar surface area (TPSA) is 79.7 Å². The zero-order valence-electron chi connectivity index (χ0n) is 19.7. The maximum absolute atomic E-state index is 13.8. The number of carbonyl (C=O) groups excluding carboxylic acids is 2. The second-order valence-electron chi connectivity index (χ2n) is 8.56. The molecule has 1 saturated heterocycles. The molecular weight excluding hydrogens is 479 g/mol. The van der Waals surface area contributed by atoms with Crippen LogP contribution in [0.3, 0.4) is 0 Å². The van der Waals surface area contributed by atoms with Crippen molar-refractivity contribution in [1.82, 2.24) is 4.98 Å². The molecule has 6 nitrogen and oxygen atoms in total. The maximum atomic E-state index is 13.8. The third kappa shape index (κ3) is 4.24. The van der Waals surface area contributed by atoms with E-state index in [0.717, 1.165) is 23.3 Å². The van der Waals surface area contributed by atoms with Gasteiger partial charge in [-0.05, 0) is 49.2 Å². The van der Waals surface area contributed by atoms with Crippen LogP contribution in [0.4, 0.5) is 9.52 Å². The minimum atomic E-state index is -0.906. The van der Waals surface area contributed by atoms with Crippen LogP contribution in [0.15, 0.2) is 72.3 Å². The van der Waals surface area contributed by atoms with E-state index in [4.69, 9.17) is 4.74 Å². The number of aliphatic hydroxyl groups excluding tert-OH is 1. The maximum Gasteiger partial charge on any atom is 0.301 e. The molecule has 3 aromatic carbocycles. The van der Waals surface area contributed by atoms with Crippen LogP contribution in [0.1, 0.15) is 36.1 Å². The van der Waals surface area contributed by atoms with Crippen molar-refractivity contribution in [1.29, 1.82) is 0 Å². The van der Waals surface area contributed by atoms with E-state index in [1.54, 1.807) is 24.3 Å². The van der Waals surface area contributed by atoms with Gasteiger partial charge in [0.25, 0.3) is 5.78 Å². The zero-order valence-corrected chi connectivity index (χ0v) is 20.5. The van der Waals surface area contributed by atoms with Crippen molar-refractivity contribution in [2.24, 2.45) is 0 Å². The number of nitrogens with zero attached hydrogens (tertiary/aromatic N) is 2.